The minimum atomic E-state index is -0.768. The van der Waals surface area contributed by atoms with Crippen LogP contribution in [-0.2, 0) is 9.59 Å². The highest BCUT2D eigenvalue weighted by Gasteiger charge is 2.43. The number of aryl methyl sites for hydroxylation is 1. The average molecular weight is 567 g/mol. The number of nitrogens with zero attached hydrogens (tertiary/aromatic N) is 4. The van der Waals surface area contributed by atoms with Crippen LogP contribution in [0, 0.1) is 12.8 Å². The van der Waals surface area contributed by atoms with E-state index in [2.05, 4.69) is 25.7 Å². The Kier molecular flexibility index (Phi) is 8.53. The molecule has 11 heteroatoms. The highest BCUT2D eigenvalue weighted by molar-refractivity contribution is 7.13. The Balaban J connectivity index is 1.28. The number of aliphatic hydroxyl groups excluding tert-OH is 1. The number of thiazole rings is 1. The lowest BCUT2D eigenvalue weighted by atomic mass is 9.91. The van der Waals surface area contributed by atoms with Crippen molar-refractivity contribution < 1.29 is 19.2 Å². The molecule has 2 saturated heterocycles. The molecule has 40 heavy (non-hydrogen) atoms. The van der Waals surface area contributed by atoms with Crippen LogP contribution < -0.4 is 15.5 Å². The first kappa shape index (κ1) is 28.3. The zero-order valence-electron chi connectivity index (χ0n) is 23.5. The van der Waals surface area contributed by atoms with E-state index in [1.807, 2.05) is 63.5 Å². The van der Waals surface area contributed by atoms with Crippen molar-refractivity contribution in [2.24, 2.45) is 5.92 Å². The number of hydrogen-bond donors (Lipinski definition) is 3. The molecule has 4 atom stereocenters. The van der Waals surface area contributed by atoms with Gasteiger partial charge in [0.2, 0.25) is 11.8 Å². The molecule has 1 aromatic carbocycles. The molecule has 2 amide bonds. The fraction of sp³-hybridized carbons (Fsp3) is 0.517. The van der Waals surface area contributed by atoms with Crippen molar-refractivity contribution in [3.63, 3.8) is 0 Å². The second kappa shape index (κ2) is 12.1. The van der Waals surface area contributed by atoms with Crippen molar-refractivity contribution in [3.05, 3.63) is 52.9 Å². The molecule has 3 N–H and O–H groups in total. The van der Waals surface area contributed by atoms with E-state index in [1.165, 1.54) is 4.90 Å². The molecule has 10 nitrogen and oxygen atoms in total. The molecule has 0 unspecified atom stereocenters. The maximum atomic E-state index is 13.9. The van der Waals surface area contributed by atoms with E-state index in [0.29, 0.717) is 5.76 Å². The van der Waals surface area contributed by atoms with Crippen LogP contribution in [0.5, 0.6) is 0 Å². The normalized spacial score (nSPS) is 21.1. The Morgan fingerprint density at radius 1 is 1.18 bits per heavy atom. The highest BCUT2D eigenvalue weighted by Crippen LogP contribution is 2.33. The van der Waals surface area contributed by atoms with Gasteiger partial charge in [0.25, 0.3) is 0 Å². The molecule has 0 aliphatic carbocycles. The third-order valence-electron chi connectivity index (χ3n) is 7.84. The Hall–Kier alpha value is -3.28. The summed E-state index contributed by atoms with van der Waals surface area (Å²) >= 11 is 1.60. The summed E-state index contributed by atoms with van der Waals surface area (Å²) in [4.78, 5) is 36.4. The molecule has 0 radical (unpaired) electrons. The minimum absolute atomic E-state index is 0.0857. The van der Waals surface area contributed by atoms with Crippen LogP contribution in [0.2, 0.25) is 0 Å². The summed E-state index contributed by atoms with van der Waals surface area (Å²) in [6, 6.07) is 8.88. The van der Waals surface area contributed by atoms with Crippen molar-refractivity contribution in [2.45, 2.75) is 58.2 Å². The minimum Gasteiger partial charge on any atom is -0.391 e. The lowest BCUT2D eigenvalue weighted by molar-refractivity contribution is -0.141. The molecule has 0 saturated carbocycles. The van der Waals surface area contributed by atoms with Crippen molar-refractivity contribution in [1.82, 2.24) is 25.7 Å². The van der Waals surface area contributed by atoms with Crippen LogP contribution in [0.25, 0.3) is 10.4 Å². The van der Waals surface area contributed by atoms with Gasteiger partial charge in [0.1, 0.15) is 12.0 Å². The summed E-state index contributed by atoms with van der Waals surface area (Å²) in [5.74, 6) is 0.00472. The zero-order chi connectivity index (χ0) is 28.4. The quantitative estimate of drug-likeness (QED) is 0.380. The number of aromatic nitrogens is 2. The molecular formula is C29H38N6O4S. The van der Waals surface area contributed by atoms with Gasteiger partial charge in [0.05, 0.1) is 28.2 Å². The van der Waals surface area contributed by atoms with Gasteiger partial charge in [-0.2, -0.15) is 0 Å². The number of carbonyl (C=O) groups excluding carboxylic acids is 2. The van der Waals surface area contributed by atoms with Gasteiger partial charge in [-0.3, -0.25) is 9.59 Å². The van der Waals surface area contributed by atoms with Gasteiger partial charge in [-0.15, -0.1) is 11.3 Å². The second-order valence-corrected chi connectivity index (χ2v) is 11.9. The number of likely N-dealkylation sites (tertiary alicyclic amines) is 1. The Labute approximate surface area is 238 Å². The van der Waals surface area contributed by atoms with E-state index in [4.69, 9.17) is 4.52 Å². The Bertz CT molecular complexity index is 1320. The van der Waals surface area contributed by atoms with Gasteiger partial charge < -0.3 is 30.1 Å². The SMILES string of the molecule is Cc1ncsc1-c1ccc([C@H](C)NC(=O)[C@@H]2C[C@@H](O)CN2C(=O)[C@@H](c2cc(N3CCNCC3)no2)C(C)C)cc1. The predicted octanol–water partition coefficient (Wildman–Crippen LogP) is 3.09. The summed E-state index contributed by atoms with van der Waals surface area (Å²) in [7, 11) is 0. The largest absolute Gasteiger partial charge is 0.391 e. The average Bonchev–Trinajstić information content (AvgIpc) is 3.69. The number of carbonyl (C=O) groups is 2. The fourth-order valence-corrected chi connectivity index (χ4v) is 6.40. The molecule has 2 aliphatic rings. The summed E-state index contributed by atoms with van der Waals surface area (Å²) in [6.45, 7) is 11.3. The van der Waals surface area contributed by atoms with E-state index < -0.39 is 18.1 Å². The number of anilines is 1. The van der Waals surface area contributed by atoms with Crippen LogP contribution in [0.3, 0.4) is 0 Å². The molecule has 2 aliphatic heterocycles. The smallest absolute Gasteiger partial charge is 0.243 e. The van der Waals surface area contributed by atoms with Crippen LogP contribution >= 0.6 is 11.3 Å². The van der Waals surface area contributed by atoms with Gasteiger partial charge in [0.15, 0.2) is 11.6 Å². The van der Waals surface area contributed by atoms with E-state index in [9.17, 15) is 14.7 Å². The number of aliphatic hydroxyl groups is 1. The number of hydrogen-bond acceptors (Lipinski definition) is 9. The Morgan fingerprint density at radius 3 is 2.55 bits per heavy atom. The topological polar surface area (TPSA) is 124 Å². The van der Waals surface area contributed by atoms with Gasteiger partial charge in [-0.1, -0.05) is 43.3 Å². The summed E-state index contributed by atoms with van der Waals surface area (Å²) in [6.07, 6.45) is -0.572. The summed E-state index contributed by atoms with van der Waals surface area (Å²) in [5, 5.41) is 21.1. The molecule has 0 spiro atoms. The standard InChI is InChI=1S/C29H38N6O4S/c1-17(2)26(24-14-25(33-39-24)34-11-9-30-10-12-34)29(38)35-15-22(36)13-23(35)28(37)32-18(3)20-5-7-21(8-6-20)27-19(4)31-16-40-27/h5-8,14,16-18,22-23,26,30,36H,9-13,15H2,1-4H3,(H,32,37)/t18-,22+,23-,26+/m0/s1. The first-order valence-electron chi connectivity index (χ1n) is 13.9. The van der Waals surface area contributed by atoms with Gasteiger partial charge in [0, 0.05) is 45.2 Å². The molecule has 2 aromatic heterocycles. The molecule has 5 rings (SSSR count). The van der Waals surface area contributed by atoms with Crippen molar-refractivity contribution in [1.29, 1.82) is 0 Å². The highest BCUT2D eigenvalue weighted by atomic mass is 32.1. The lowest BCUT2D eigenvalue weighted by Gasteiger charge is -2.29. The van der Waals surface area contributed by atoms with Gasteiger partial charge in [-0.25, -0.2) is 4.98 Å². The zero-order valence-corrected chi connectivity index (χ0v) is 24.3. The van der Waals surface area contributed by atoms with Crippen LogP contribution in [0.4, 0.5) is 5.82 Å². The number of benzene rings is 1. The van der Waals surface area contributed by atoms with Gasteiger partial charge in [-0.05, 0) is 30.9 Å². The number of β-amino-alcohol motifs (C(OH)–C–C–N with tert-alkyl or cyclic N) is 1. The number of amides is 2. The number of piperazine rings is 1. The number of rotatable bonds is 8. The van der Waals surface area contributed by atoms with Crippen LogP contribution in [-0.4, -0.2) is 76.8 Å². The molecule has 0 bridgehead atoms. The monoisotopic (exact) mass is 566 g/mol. The molecular weight excluding hydrogens is 528 g/mol. The van der Waals surface area contributed by atoms with Crippen molar-refractivity contribution in [2.75, 3.05) is 37.6 Å². The third kappa shape index (κ3) is 5.91. The van der Waals surface area contributed by atoms with E-state index in [0.717, 1.165) is 53.7 Å². The molecule has 2 fully saturated rings. The van der Waals surface area contributed by atoms with E-state index in [1.54, 1.807) is 11.3 Å². The maximum absolute atomic E-state index is 13.9. The van der Waals surface area contributed by atoms with Gasteiger partial charge >= 0.3 is 0 Å². The number of nitrogens with one attached hydrogen (secondary N) is 2. The summed E-state index contributed by atoms with van der Waals surface area (Å²) < 4.78 is 5.68. The lowest BCUT2D eigenvalue weighted by Crippen LogP contribution is -2.48. The first-order valence-corrected chi connectivity index (χ1v) is 14.8. The molecule has 214 valence electrons. The third-order valence-corrected chi connectivity index (χ3v) is 8.82. The van der Waals surface area contributed by atoms with Crippen molar-refractivity contribution >= 4 is 29.0 Å². The second-order valence-electron chi connectivity index (χ2n) is 11.1. The van der Waals surface area contributed by atoms with Crippen molar-refractivity contribution in [3.8, 4) is 10.4 Å². The Morgan fingerprint density at radius 2 is 1.90 bits per heavy atom. The van der Waals surface area contributed by atoms with Crippen LogP contribution in [0.1, 0.15) is 56.2 Å². The van der Waals surface area contributed by atoms with Crippen LogP contribution in [0.15, 0.2) is 40.4 Å². The first-order chi connectivity index (χ1) is 19.2. The van der Waals surface area contributed by atoms with E-state index >= 15 is 0 Å². The van der Waals surface area contributed by atoms with E-state index in [-0.39, 0.29) is 36.7 Å². The predicted molar refractivity (Wildman–Crippen MR) is 154 cm³/mol. The summed E-state index contributed by atoms with van der Waals surface area (Å²) in [5.41, 5.74) is 4.87. The maximum Gasteiger partial charge on any atom is 0.243 e. The molecule has 3 aromatic rings. The molecule has 4 heterocycles. The fourth-order valence-electron chi connectivity index (χ4n) is 5.58.